The number of rotatable bonds is 3. The Morgan fingerprint density at radius 3 is 2.32 bits per heavy atom. The molecule has 1 heterocycles. The summed E-state index contributed by atoms with van der Waals surface area (Å²) in [5.41, 5.74) is 3.43. The summed E-state index contributed by atoms with van der Waals surface area (Å²) in [6.07, 6.45) is 0. The summed E-state index contributed by atoms with van der Waals surface area (Å²) in [6, 6.07) is 17.5. The molecule has 0 atom stereocenters. The molecule has 4 rings (SSSR count). The van der Waals surface area contributed by atoms with Gasteiger partial charge in [0.25, 0.3) is 5.91 Å². The minimum Gasteiger partial charge on any atom is -0.502 e. The zero-order valence-electron chi connectivity index (χ0n) is 17.5. The molecule has 0 radical (unpaired) electrons. The fraction of sp³-hybridized carbons (Fsp3) is 0.208. The van der Waals surface area contributed by atoms with E-state index in [1.807, 2.05) is 12.1 Å². The van der Waals surface area contributed by atoms with Gasteiger partial charge in [0.1, 0.15) is 5.75 Å². The highest BCUT2D eigenvalue weighted by Crippen LogP contribution is 2.36. The fourth-order valence-corrected chi connectivity index (χ4v) is 3.52. The Kier molecular flexibility index (Phi) is 4.89. The third kappa shape index (κ3) is 3.82. The number of hydrogen-bond acceptors (Lipinski definition) is 5. The molecule has 1 N–H and O–H groups in total. The van der Waals surface area contributed by atoms with Crippen molar-refractivity contribution in [3.8, 4) is 22.6 Å². The van der Waals surface area contributed by atoms with E-state index in [4.69, 9.17) is 4.74 Å². The molecule has 0 aromatic heterocycles. The number of ether oxygens (including phenoxy) is 1. The predicted octanol–water partition coefficient (Wildman–Crippen LogP) is 5.26. The first-order valence-electron chi connectivity index (χ1n) is 9.82. The number of amides is 1. The standard InChI is InChI=1S/C24H22N2O5/c1-24(2,3)17-7-4-15(5-8-17)16-6-10-19-22(12-16)31-14-25(23(19)28)18-9-11-21(27)20(13-18)26(29)30/h4-13,27H,14H2,1-3H3. The second-order valence-electron chi connectivity index (χ2n) is 8.48. The van der Waals surface area contributed by atoms with E-state index < -0.39 is 16.4 Å². The van der Waals surface area contributed by atoms with Crippen LogP contribution in [0, 0.1) is 10.1 Å². The number of fused-ring (bicyclic) bond motifs is 1. The summed E-state index contributed by atoms with van der Waals surface area (Å²) in [5, 5.41) is 20.7. The smallest absolute Gasteiger partial charge is 0.312 e. The number of carbonyl (C=O) groups excluding carboxylic acids is 1. The van der Waals surface area contributed by atoms with E-state index in [9.17, 15) is 20.0 Å². The van der Waals surface area contributed by atoms with Gasteiger partial charge in [-0.15, -0.1) is 0 Å². The van der Waals surface area contributed by atoms with Gasteiger partial charge >= 0.3 is 5.69 Å². The molecule has 0 saturated heterocycles. The zero-order chi connectivity index (χ0) is 22.3. The van der Waals surface area contributed by atoms with E-state index >= 15 is 0 Å². The number of phenols is 1. The van der Waals surface area contributed by atoms with E-state index in [0.29, 0.717) is 11.3 Å². The largest absolute Gasteiger partial charge is 0.502 e. The van der Waals surface area contributed by atoms with Crippen LogP contribution in [-0.2, 0) is 5.41 Å². The number of nitrogens with zero attached hydrogens (tertiary/aromatic N) is 2. The lowest BCUT2D eigenvalue weighted by Crippen LogP contribution is -2.38. The molecule has 0 unspecified atom stereocenters. The van der Waals surface area contributed by atoms with E-state index in [2.05, 4.69) is 45.0 Å². The Hall–Kier alpha value is -3.87. The molecule has 7 nitrogen and oxygen atoms in total. The predicted molar refractivity (Wildman–Crippen MR) is 118 cm³/mol. The molecule has 0 saturated carbocycles. The van der Waals surface area contributed by atoms with Crippen LogP contribution >= 0.6 is 0 Å². The van der Waals surface area contributed by atoms with Gasteiger partial charge in [0, 0.05) is 6.07 Å². The number of nitro benzene ring substituents is 1. The highest BCUT2D eigenvalue weighted by Gasteiger charge is 2.29. The summed E-state index contributed by atoms with van der Waals surface area (Å²) in [5.74, 6) is -0.315. The summed E-state index contributed by atoms with van der Waals surface area (Å²) in [6.45, 7) is 6.40. The van der Waals surface area contributed by atoms with Crippen molar-refractivity contribution in [2.75, 3.05) is 11.6 Å². The second-order valence-corrected chi connectivity index (χ2v) is 8.48. The summed E-state index contributed by atoms with van der Waals surface area (Å²) >= 11 is 0. The van der Waals surface area contributed by atoms with Gasteiger partial charge in [0.15, 0.2) is 12.5 Å². The molecule has 158 valence electrons. The first-order chi connectivity index (χ1) is 14.6. The third-order valence-corrected chi connectivity index (χ3v) is 5.36. The summed E-state index contributed by atoms with van der Waals surface area (Å²) in [7, 11) is 0. The second kappa shape index (κ2) is 7.43. The highest BCUT2D eigenvalue weighted by molar-refractivity contribution is 6.09. The van der Waals surface area contributed by atoms with Crippen LogP contribution in [0.15, 0.2) is 60.7 Å². The van der Waals surface area contributed by atoms with Gasteiger partial charge in [-0.3, -0.25) is 19.8 Å². The van der Waals surface area contributed by atoms with Crippen molar-refractivity contribution in [3.05, 3.63) is 81.9 Å². The maximum Gasteiger partial charge on any atom is 0.312 e. The normalized spacial score (nSPS) is 13.5. The van der Waals surface area contributed by atoms with Crippen molar-refractivity contribution >= 4 is 17.3 Å². The van der Waals surface area contributed by atoms with Crippen molar-refractivity contribution in [2.24, 2.45) is 0 Å². The van der Waals surface area contributed by atoms with E-state index in [1.165, 1.54) is 22.6 Å². The lowest BCUT2D eigenvalue weighted by molar-refractivity contribution is -0.385. The number of carbonyl (C=O) groups is 1. The van der Waals surface area contributed by atoms with Crippen LogP contribution in [0.5, 0.6) is 11.5 Å². The lowest BCUT2D eigenvalue weighted by Gasteiger charge is -2.29. The van der Waals surface area contributed by atoms with Crippen LogP contribution in [-0.4, -0.2) is 22.7 Å². The minimum atomic E-state index is -0.695. The van der Waals surface area contributed by atoms with Gasteiger partial charge in [-0.1, -0.05) is 51.1 Å². The first-order valence-corrected chi connectivity index (χ1v) is 9.82. The molecule has 3 aromatic carbocycles. The molecule has 3 aromatic rings. The van der Waals surface area contributed by atoms with Gasteiger partial charge in [0.2, 0.25) is 0 Å². The molecule has 1 aliphatic rings. The Morgan fingerprint density at radius 2 is 1.68 bits per heavy atom. The van der Waals surface area contributed by atoms with E-state index in [1.54, 1.807) is 6.07 Å². The average molecular weight is 418 g/mol. The average Bonchev–Trinajstić information content (AvgIpc) is 2.73. The third-order valence-electron chi connectivity index (χ3n) is 5.36. The van der Waals surface area contributed by atoms with Gasteiger partial charge in [-0.2, -0.15) is 0 Å². The van der Waals surface area contributed by atoms with Crippen LogP contribution in [0.4, 0.5) is 11.4 Å². The Morgan fingerprint density at radius 1 is 1.00 bits per heavy atom. The minimum absolute atomic E-state index is 0.0661. The summed E-state index contributed by atoms with van der Waals surface area (Å²) in [4.78, 5) is 24.7. The van der Waals surface area contributed by atoms with Crippen LogP contribution in [0.3, 0.4) is 0 Å². The molecular weight excluding hydrogens is 396 g/mol. The van der Waals surface area contributed by atoms with Gasteiger partial charge in [0.05, 0.1) is 16.2 Å². The number of aromatic hydroxyl groups is 1. The number of anilines is 1. The van der Waals surface area contributed by atoms with Crippen molar-refractivity contribution in [1.82, 2.24) is 0 Å². The Bertz CT molecular complexity index is 1180. The van der Waals surface area contributed by atoms with Crippen molar-refractivity contribution in [3.63, 3.8) is 0 Å². The van der Waals surface area contributed by atoms with Crippen LogP contribution in [0.2, 0.25) is 0 Å². The van der Waals surface area contributed by atoms with Crippen LogP contribution in [0.25, 0.3) is 11.1 Å². The Balaban J connectivity index is 1.63. The van der Waals surface area contributed by atoms with Crippen LogP contribution in [0.1, 0.15) is 36.7 Å². The quantitative estimate of drug-likeness (QED) is 0.462. The Labute approximate surface area is 179 Å². The molecule has 0 spiro atoms. The topological polar surface area (TPSA) is 92.9 Å². The summed E-state index contributed by atoms with van der Waals surface area (Å²) < 4.78 is 5.80. The number of benzene rings is 3. The van der Waals surface area contributed by atoms with Gasteiger partial charge in [-0.05, 0) is 46.4 Å². The monoisotopic (exact) mass is 418 g/mol. The first kappa shape index (κ1) is 20.4. The molecular formula is C24H22N2O5. The number of nitro groups is 1. The molecule has 0 aliphatic carbocycles. The molecule has 0 bridgehead atoms. The van der Waals surface area contributed by atoms with E-state index in [0.717, 1.165) is 17.2 Å². The van der Waals surface area contributed by atoms with E-state index in [-0.39, 0.29) is 23.7 Å². The molecule has 31 heavy (non-hydrogen) atoms. The fourth-order valence-electron chi connectivity index (χ4n) is 3.52. The van der Waals surface area contributed by atoms with Gasteiger partial charge < -0.3 is 9.84 Å². The van der Waals surface area contributed by atoms with Crippen molar-refractivity contribution in [2.45, 2.75) is 26.2 Å². The zero-order valence-corrected chi connectivity index (χ0v) is 17.5. The molecule has 0 fully saturated rings. The molecule has 1 aliphatic heterocycles. The van der Waals surface area contributed by atoms with Crippen molar-refractivity contribution < 1.29 is 19.6 Å². The number of hydrogen-bond donors (Lipinski definition) is 1. The van der Waals surface area contributed by atoms with Gasteiger partial charge in [-0.25, -0.2) is 0 Å². The highest BCUT2D eigenvalue weighted by atomic mass is 16.6. The SMILES string of the molecule is CC(C)(C)c1ccc(-c2ccc3c(c2)OCN(c2ccc(O)c([N+](=O)[O-])c2)C3=O)cc1. The maximum absolute atomic E-state index is 13.0. The molecule has 1 amide bonds. The maximum atomic E-state index is 13.0. The molecule has 7 heteroatoms. The number of phenolic OH excluding ortho intramolecular Hbond substituents is 1. The lowest BCUT2D eigenvalue weighted by atomic mass is 9.86. The van der Waals surface area contributed by atoms with Crippen LogP contribution < -0.4 is 9.64 Å². The van der Waals surface area contributed by atoms with Crippen molar-refractivity contribution in [1.29, 1.82) is 0 Å².